The minimum Gasteiger partial charge on any atom is -0.379 e. The summed E-state index contributed by atoms with van der Waals surface area (Å²) < 4.78 is 0. The fourth-order valence-electron chi connectivity index (χ4n) is 2.27. The standard InChI is InChI=1S/C13H21N3/c1-9(2)16-8-10(3)15-12-6-11(7-14)4-5-13(12)16/h4-6,9-10,15H,7-8,14H2,1-3H3. The third kappa shape index (κ3) is 2.00. The molecule has 1 heterocycles. The summed E-state index contributed by atoms with van der Waals surface area (Å²) in [4.78, 5) is 2.44. The Morgan fingerprint density at radius 1 is 1.50 bits per heavy atom. The van der Waals surface area contributed by atoms with Crippen LogP contribution in [0.5, 0.6) is 0 Å². The van der Waals surface area contributed by atoms with Crippen LogP contribution in [0.25, 0.3) is 0 Å². The lowest BCUT2D eigenvalue weighted by atomic mass is 10.1. The van der Waals surface area contributed by atoms with E-state index in [0.29, 0.717) is 18.6 Å². The Hall–Kier alpha value is -1.22. The maximum Gasteiger partial charge on any atom is 0.0605 e. The van der Waals surface area contributed by atoms with Gasteiger partial charge in [0, 0.05) is 25.2 Å². The summed E-state index contributed by atoms with van der Waals surface area (Å²) in [5.41, 5.74) is 9.37. The number of hydrogen-bond acceptors (Lipinski definition) is 3. The van der Waals surface area contributed by atoms with Gasteiger partial charge < -0.3 is 16.0 Å². The topological polar surface area (TPSA) is 41.3 Å². The number of rotatable bonds is 2. The zero-order valence-electron chi connectivity index (χ0n) is 10.3. The Kier molecular flexibility index (Phi) is 3.06. The van der Waals surface area contributed by atoms with Crippen LogP contribution in [0.2, 0.25) is 0 Å². The molecular formula is C13H21N3. The number of nitrogens with zero attached hydrogens (tertiary/aromatic N) is 1. The summed E-state index contributed by atoms with van der Waals surface area (Å²) in [6.45, 7) is 8.35. The lowest BCUT2D eigenvalue weighted by Crippen LogP contribution is -2.43. The molecule has 3 heteroatoms. The molecule has 1 atom stereocenters. The highest BCUT2D eigenvalue weighted by Crippen LogP contribution is 2.32. The van der Waals surface area contributed by atoms with Gasteiger partial charge in [0.2, 0.25) is 0 Å². The van der Waals surface area contributed by atoms with E-state index in [1.807, 2.05) is 0 Å². The highest BCUT2D eigenvalue weighted by molar-refractivity contribution is 5.73. The van der Waals surface area contributed by atoms with Gasteiger partial charge in [-0.1, -0.05) is 6.07 Å². The van der Waals surface area contributed by atoms with Gasteiger partial charge in [-0.2, -0.15) is 0 Å². The van der Waals surface area contributed by atoms with Gasteiger partial charge in [-0.25, -0.2) is 0 Å². The third-order valence-electron chi connectivity index (χ3n) is 3.10. The van der Waals surface area contributed by atoms with Crippen LogP contribution in [-0.4, -0.2) is 18.6 Å². The summed E-state index contributed by atoms with van der Waals surface area (Å²) >= 11 is 0. The molecule has 88 valence electrons. The minimum atomic E-state index is 0.489. The Morgan fingerprint density at radius 2 is 2.25 bits per heavy atom. The summed E-state index contributed by atoms with van der Waals surface area (Å²) in [5, 5.41) is 3.52. The highest BCUT2D eigenvalue weighted by Gasteiger charge is 2.22. The minimum absolute atomic E-state index is 0.489. The Labute approximate surface area is 97.6 Å². The maximum atomic E-state index is 5.67. The number of nitrogens with two attached hydrogens (primary N) is 1. The van der Waals surface area contributed by atoms with Crippen LogP contribution < -0.4 is 16.0 Å². The Bertz CT molecular complexity index is 373. The second kappa shape index (κ2) is 4.34. The van der Waals surface area contributed by atoms with Crippen LogP contribution in [0.1, 0.15) is 26.3 Å². The van der Waals surface area contributed by atoms with Crippen LogP contribution in [-0.2, 0) is 6.54 Å². The van der Waals surface area contributed by atoms with Gasteiger partial charge in [-0.15, -0.1) is 0 Å². The molecule has 3 nitrogen and oxygen atoms in total. The monoisotopic (exact) mass is 219 g/mol. The van der Waals surface area contributed by atoms with Crippen molar-refractivity contribution in [1.82, 2.24) is 0 Å². The molecule has 16 heavy (non-hydrogen) atoms. The van der Waals surface area contributed by atoms with Gasteiger partial charge in [-0.3, -0.25) is 0 Å². The molecule has 0 bridgehead atoms. The first-order valence-corrected chi connectivity index (χ1v) is 5.98. The second-order valence-corrected chi connectivity index (χ2v) is 4.85. The Morgan fingerprint density at radius 3 is 2.88 bits per heavy atom. The molecule has 0 radical (unpaired) electrons. The SMILES string of the molecule is CC1CN(C(C)C)c2ccc(CN)cc2N1. The molecule has 1 unspecified atom stereocenters. The molecule has 0 saturated heterocycles. The van der Waals surface area contributed by atoms with Crippen molar-refractivity contribution in [2.75, 3.05) is 16.8 Å². The predicted molar refractivity (Wildman–Crippen MR) is 69.9 cm³/mol. The average Bonchev–Trinajstić information content (AvgIpc) is 2.26. The van der Waals surface area contributed by atoms with Crippen molar-refractivity contribution in [3.8, 4) is 0 Å². The molecule has 1 aliphatic heterocycles. The first kappa shape index (κ1) is 11.3. The van der Waals surface area contributed by atoms with Crippen molar-refractivity contribution >= 4 is 11.4 Å². The van der Waals surface area contributed by atoms with Crippen LogP contribution in [0.4, 0.5) is 11.4 Å². The van der Waals surface area contributed by atoms with E-state index in [-0.39, 0.29) is 0 Å². The van der Waals surface area contributed by atoms with Gasteiger partial charge in [0.15, 0.2) is 0 Å². The fraction of sp³-hybridized carbons (Fsp3) is 0.538. The van der Waals surface area contributed by atoms with Gasteiger partial charge in [0.05, 0.1) is 11.4 Å². The van der Waals surface area contributed by atoms with Crippen LogP contribution in [0.15, 0.2) is 18.2 Å². The van der Waals surface area contributed by atoms with Crippen LogP contribution >= 0.6 is 0 Å². The fourth-order valence-corrected chi connectivity index (χ4v) is 2.27. The zero-order valence-corrected chi connectivity index (χ0v) is 10.3. The third-order valence-corrected chi connectivity index (χ3v) is 3.10. The maximum absolute atomic E-state index is 5.67. The molecular weight excluding hydrogens is 198 g/mol. The smallest absolute Gasteiger partial charge is 0.0605 e. The number of hydrogen-bond donors (Lipinski definition) is 2. The second-order valence-electron chi connectivity index (χ2n) is 4.85. The number of benzene rings is 1. The molecule has 0 aromatic heterocycles. The summed E-state index contributed by atoms with van der Waals surface area (Å²) in [6, 6.07) is 7.48. The van der Waals surface area contributed by atoms with E-state index in [1.165, 1.54) is 16.9 Å². The molecule has 0 spiro atoms. The Balaban J connectivity index is 2.39. The van der Waals surface area contributed by atoms with E-state index in [9.17, 15) is 0 Å². The normalized spacial score (nSPS) is 19.6. The van der Waals surface area contributed by atoms with Crippen LogP contribution in [0, 0.1) is 0 Å². The lowest BCUT2D eigenvalue weighted by molar-refractivity contribution is 0.624. The quantitative estimate of drug-likeness (QED) is 0.801. The molecule has 0 amide bonds. The molecule has 0 saturated carbocycles. The average molecular weight is 219 g/mol. The molecule has 1 aliphatic rings. The lowest BCUT2D eigenvalue weighted by Gasteiger charge is -2.38. The predicted octanol–water partition coefficient (Wildman–Crippen LogP) is 2.17. The van der Waals surface area contributed by atoms with E-state index in [2.05, 4.69) is 49.2 Å². The molecule has 1 aromatic rings. The van der Waals surface area contributed by atoms with Crippen molar-refractivity contribution in [2.24, 2.45) is 5.73 Å². The summed E-state index contributed by atoms with van der Waals surface area (Å²) in [6.07, 6.45) is 0. The number of nitrogens with one attached hydrogen (secondary N) is 1. The van der Waals surface area contributed by atoms with Crippen LogP contribution in [0.3, 0.4) is 0 Å². The van der Waals surface area contributed by atoms with Crippen molar-refractivity contribution < 1.29 is 0 Å². The molecule has 2 rings (SSSR count). The molecule has 3 N–H and O–H groups in total. The van der Waals surface area contributed by atoms with Crippen molar-refractivity contribution in [2.45, 2.75) is 39.4 Å². The molecule has 0 fully saturated rings. The molecule has 1 aromatic carbocycles. The van der Waals surface area contributed by atoms with E-state index in [0.717, 1.165) is 6.54 Å². The van der Waals surface area contributed by atoms with Gasteiger partial charge >= 0.3 is 0 Å². The van der Waals surface area contributed by atoms with Gasteiger partial charge in [0.1, 0.15) is 0 Å². The first-order chi connectivity index (χ1) is 7.61. The number of fused-ring (bicyclic) bond motifs is 1. The largest absolute Gasteiger partial charge is 0.379 e. The van der Waals surface area contributed by atoms with E-state index >= 15 is 0 Å². The van der Waals surface area contributed by atoms with Gasteiger partial charge in [-0.05, 0) is 38.5 Å². The van der Waals surface area contributed by atoms with Crippen molar-refractivity contribution in [1.29, 1.82) is 0 Å². The van der Waals surface area contributed by atoms with E-state index in [1.54, 1.807) is 0 Å². The van der Waals surface area contributed by atoms with Crippen molar-refractivity contribution in [3.63, 3.8) is 0 Å². The number of anilines is 2. The summed E-state index contributed by atoms with van der Waals surface area (Å²) in [5.74, 6) is 0. The van der Waals surface area contributed by atoms with E-state index in [4.69, 9.17) is 5.73 Å². The highest BCUT2D eigenvalue weighted by atomic mass is 15.2. The van der Waals surface area contributed by atoms with Gasteiger partial charge in [0.25, 0.3) is 0 Å². The summed E-state index contributed by atoms with van der Waals surface area (Å²) in [7, 11) is 0. The van der Waals surface area contributed by atoms with E-state index < -0.39 is 0 Å². The molecule has 0 aliphatic carbocycles. The first-order valence-electron chi connectivity index (χ1n) is 5.98. The van der Waals surface area contributed by atoms with Crippen molar-refractivity contribution in [3.05, 3.63) is 23.8 Å². The zero-order chi connectivity index (χ0) is 11.7.